The molecule has 0 bridgehead atoms. The van der Waals surface area contributed by atoms with Gasteiger partial charge in [-0.3, -0.25) is 0 Å². The van der Waals surface area contributed by atoms with E-state index in [1.807, 2.05) is 31.2 Å². The Balaban J connectivity index is 1.78. The molecule has 1 aromatic heterocycles. The monoisotopic (exact) mass is 371 g/mol. The van der Waals surface area contributed by atoms with Crippen molar-refractivity contribution in [2.45, 2.75) is 6.92 Å². The number of aromatic nitrogens is 3. The highest BCUT2D eigenvalue weighted by Crippen LogP contribution is 2.30. The zero-order valence-corrected chi connectivity index (χ0v) is 15.3. The minimum absolute atomic E-state index is 0.348. The second kappa shape index (κ2) is 7.88. The number of halogens is 1. The molecule has 0 aliphatic heterocycles. The molecule has 0 amide bonds. The molecule has 134 valence electrons. The van der Waals surface area contributed by atoms with Crippen molar-refractivity contribution in [1.29, 1.82) is 0 Å². The van der Waals surface area contributed by atoms with Crippen molar-refractivity contribution in [2.24, 2.45) is 0 Å². The number of nitrogens with one attached hydrogen (secondary N) is 2. The number of hydrogen-bond donors (Lipinski definition) is 2. The Kier molecular flexibility index (Phi) is 5.38. The lowest BCUT2D eigenvalue weighted by atomic mass is 10.2. The van der Waals surface area contributed by atoms with Crippen LogP contribution in [0.3, 0.4) is 0 Å². The second-order valence-corrected chi connectivity index (χ2v) is 5.86. The summed E-state index contributed by atoms with van der Waals surface area (Å²) in [7, 11) is 3.17. The number of benzene rings is 2. The maximum absolute atomic E-state index is 6.15. The van der Waals surface area contributed by atoms with E-state index in [-0.39, 0.29) is 0 Å². The molecule has 0 atom stereocenters. The molecule has 26 heavy (non-hydrogen) atoms. The third kappa shape index (κ3) is 4.12. The summed E-state index contributed by atoms with van der Waals surface area (Å²) >= 11 is 6.15. The number of hydrogen-bond acceptors (Lipinski definition) is 7. The number of rotatable bonds is 6. The van der Waals surface area contributed by atoms with Crippen LogP contribution < -0.4 is 20.1 Å². The summed E-state index contributed by atoms with van der Waals surface area (Å²) < 4.78 is 10.5. The highest BCUT2D eigenvalue weighted by atomic mass is 35.5. The fourth-order valence-corrected chi connectivity index (χ4v) is 2.46. The van der Waals surface area contributed by atoms with Crippen molar-refractivity contribution in [1.82, 2.24) is 15.2 Å². The van der Waals surface area contributed by atoms with E-state index < -0.39 is 0 Å². The fourth-order valence-electron chi connectivity index (χ4n) is 2.28. The first-order chi connectivity index (χ1) is 12.6. The summed E-state index contributed by atoms with van der Waals surface area (Å²) in [6, 6.07) is 11.1. The Morgan fingerprint density at radius 3 is 2.38 bits per heavy atom. The topological polar surface area (TPSA) is 81.2 Å². The maximum atomic E-state index is 6.15. The Morgan fingerprint density at radius 1 is 0.923 bits per heavy atom. The highest BCUT2D eigenvalue weighted by Gasteiger charge is 2.07. The van der Waals surface area contributed by atoms with Gasteiger partial charge in [-0.15, -0.1) is 5.10 Å². The van der Waals surface area contributed by atoms with Gasteiger partial charge in [0.15, 0.2) is 17.3 Å². The summed E-state index contributed by atoms with van der Waals surface area (Å²) in [5.74, 6) is 2.14. The van der Waals surface area contributed by atoms with E-state index in [9.17, 15) is 0 Å². The third-order valence-corrected chi connectivity index (χ3v) is 4.05. The van der Waals surface area contributed by atoms with Crippen molar-refractivity contribution in [3.8, 4) is 11.5 Å². The third-order valence-electron chi connectivity index (χ3n) is 3.64. The molecule has 2 aromatic carbocycles. The largest absolute Gasteiger partial charge is 0.493 e. The minimum atomic E-state index is 0.348. The van der Waals surface area contributed by atoms with Crippen molar-refractivity contribution in [2.75, 3.05) is 24.9 Å². The second-order valence-electron chi connectivity index (χ2n) is 5.45. The lowest BCUT2D eigenvalue weighted by Crippen LogP contribution is -2.03. The average Bonchev–Trinajstić information content (AvgIpc) is 2.65. The number of methoxy groups -OCH3 is 2. The Bertz CT molecular complexity index is 920. The fraction of sp³-hybridized carbons (Fsp3) is 0.167. The smallest absolute Gasteiger partial charge is 0.249 e. The number of aryl methyl sites for hydroxylation is 1. The zero-order valence-electron chi connectivity index (χ0n) is 14.6. The molecule has 0 saturated carbocycles. The summed E-state index contributed by atoms with van der Waals surface area (Å²) in [6.07, 6.45) is 1.54. The zero-order chi connectivity index (χ0) is 18.5. The molecule has 3 rings (SSSR count). The molecule has 0 aliphatic rings. The lowest BCUT2D eigenvalue weighted by molar-refractivity contribution is 0.355. The molecular weight excluding hydrogens is 354 g/mol. The van der Waals surface area contributed by atoms with Gasteiger partial charge in [0.2, 0.25) is 5.95 Å². The van der Waals surface area contributed by atoms with E-state index >= 15 is 0 Å². The van der Waals surface area contributed by atoms with Crippen LogP contribution in [0.2, 0.25) is 5.02 Å². The molecule has 1 heterocycles. The Morgan fingerprint density at radius 2 is 1.65 bits per heavy atom. The van der Waals surface area contributed by atoms with E-state index in [1.165, 1.54) is 6.20 Å². The van der Waals surface area contributed by atoms with Crippen LogP contribution in [0.4, 0.5) is 23.1 Å². The summed E-state index contributed by atoms with van der Waals surface area (Å²) in [6.45, 7) is 1.95. The van der Waals surface area contributed by atoms with E-state index in [2.05, 4.69) is 25.8 Å². The molecule has 0 unspecified atom stereocenters. The first kappa shape index (κ1) is 17.8. The van der Waals surface area contributed by atoms with Gasteiger partial charge >= 0.3 is 0 Å². The van der Waals surface area contributed by atoms with Crippen LogP contribution in [0.1, 0.15) is 5.56 Å². The molecular formula is C18H18ClN5O2. The van der Waals surface area contributed by atoms with E-state index in [0.717, 1.165) is 16.9 Å². The standard InChI is InChI=1S/C18H18ClN5O2/c1-11-4-5-12(8-14(11)19)21-17-10-20-24-18(23-17)22-13-6-7-15(25-2)16(9-13)26-3/h4-10H,1-3H3,(H2,21,22,23,24). The van der Waals surface area contributed by atoms with Gasteiger partial charge in [-0.1, -0.05) is 17.7 Å². The van der Waals surface area contributed by atoms with Gasteiger partial charge in [0.25, 0.3) is 0 Å². The van der Waals surface area contributed by atoms with Gasteiger partial charge in [-0.25, -0.2) is 0 Å². The van der Waals surface area contributed by atoms with Crippen LogP contribution in [0.5, 0.6) is 11.5 Å². The molecule has 2 N–H and O–H groups in total. The molecule has 0 saturated heterocycles. The van der Waals surface area contributed by atoms with Gasteiger partial charge in [0, 0.05) is 22.5 Å². The van der Waals surface area contributed by atoms with Gasteiger partial charge in [0.05, 0.1) is 20.4 Å². The minimum Gasteiger partial charge on any atom is -0.493 e. The van der Waals surface area contributed by atoms with Gasteiger partial charge in [-0.05, 0) is 36.8 Å². The quantitative estimate of drug-likeness (QED) is 0.667. The molecule has 3 aromatic rings. The predicted octanol–water partition coefficient (Wildman–Crippen LogP) is 4.34. The Hall–Kier alpha value is -3.06. The van der Waals surface area contributed by atoms with Crippen LogP contribution >= 0.6 is 11.6 Å². The Labute approximate surface area is 156 Å². The van der Waals surface area contributed by atoms with Gasteiger partial charge in [0.1, 0.15) is 0 Å². The summed E-state index contributed by atoms with van der Waals surface area (Å²) in [5, 5.41) is 14.9. The molecule has 7 nitrogen and oxygen atoms in total. The maximum Gasteiger partial charge on any atom is 0.249 e. The first-order valence-corrected chi connectivity index (χ1v) is 8.19. The highest BCUT2D eigenvalue weighted by molar-refractivity contribution is 6.31. The van der Waals surface area contributed by atoms with E-state index in [4.69, 9.17) is 21.1 Å². The van der Waals surface area contributed by atoms with Crippen LogP contribution in [0, 0.1) is 6.92 Å². The summed E-state index contributed by atoms with van der Waals surface area (Å²) in [4.78, 5) is 4.40. The molecule has 0 aliphatic carbocycles. The normalized spacial score (nSPS) is 10.3. The molecule has 0 spiro atoms. The average molecular weight is 372 g/mol. The van der Waals surface area contributed by atoms with E-state index in [1.54, 1.807) is 26.4 Å². The van der Waals surface area contributed by atoms with Crippen LogP contribution in [0.15, 0.2) is 42.6 Å². The molecule has 0 fully saturated rings. The number of nitrogens with zero attached hydrogens (tertiary/aromatic N) is 3. The van der Waals surface area contributed by atoms with Crippen LogP contribution in [-0.4, -0.2) is 29.4 Å². The number of anilines is 4. The first-order valence-electron chi connectivity index (χ1n) is 7.81. The van der Waals surface area contributed by atoms with Crippen molar-refractivity contribution < 1.29 is 9.47 Å². The van der Waals surface area contributed by atoms with Gasteiger partial charge in [-0.2, -0.15) is 10.1 Å². The predicted molar refractivity (Wildman–Crippen MR) is 102 cm³/mol. The van der Waals surface area contributed by atoms with Crippen molar-refractivity contribution in [3.63, 3.8) is 0 Å². The lowest BCUT2D eigenvalue weighted by Gasteiger charge is -2.11. The SMILES string of the molecule is COc1ccc(Nc2nncc(Nc3ccc(C)c(Cl)c3)n2)cc1OC. The summed E-state index contributed by atoms with van der Waals surface area (Å²) in [5.41, 5.74) is 2.58. The van der Waals surface area contributed by atoms with Gasteiger partial charge < -0.3 is 20.1 Å². The van der Waals surface area contributed by atoms with Crippen molar-refractivity contribution in [3.05, 3.63) is 53.2 Å². The van der Waals surface area contributed by atoms with Crippen LogP contribution in [0.25, 0.3) is 0 Å². The molecule has 8 heteroatoms. The van der Waals surface area contributed by atoms with E-state index in [0.29, 0.717) is 28.3 Å². The number of ether oxygens (including phenoxy) is 2. The van der Waals surface area contributed by atoms with Crippen molar-refractivity contribution >= 4 is 34.7 Å². The van der Waals surface area contributed by atoms with Crippen LogP contribution in [-0.2, 0) is 0 Å². The molecule has 0 radical (unpaired) electrons.